The van der Waals surface area contributed by atoms with E-state index >= 15 is 0 Å². The first kappa shape index (κ1) is 14.8. The Morgan fingerprint density at radius 2 is 2.50 bits per heavy atom. The monoisotopic (exact) mass is 283 g/mol. The number of nitrogens with zero attached hydrogens (tertiary/aromatic N) is 3. The molecule has 2 heterocycles. The fraction of sp³-hybridized carbons (Fsp3) is 0.692. The van der Waals surface area contributed by atoms with E-state index in [0.717, 1.165) is 39.2 Å². The number of aromatic carboxylic acids is 1. The molecule has 1 aromatic heterocycles. The molecular weight excluding hydrogens is 262 g/mol. The molecule has 0 aliphatic carbocycles. The molecule has 1 unspecified atom stereocenters. The molecule has 0 saturated carbocycles. The molecule has 2 rings (SSSR count). The Morgan fingerprint density at radius 3 is 3.15 bits per heavy atom. The van der Waals surface area contributed by atoms with Crippen LogP contribution < -0.4 is 4.90 Å². The van der Waals surface area contributed by atoms with E-state index in [4.69, 9.17) is 14.3 Å². The van der Waals surface area contributed by atoms with Crippen molar-refractivity contribution in [2.24, 2.45) is 5.92 Å². The van der Waals surface area contributed by atoms with Gasteiger partial charge in [0.1, 0.15) is 6.26 Å². The number of ether oxygens (including phenoxy) is 1. The van der Waals surface area contributed by atoms with Crippen molar-refractivity contribution in [3.63, 3.8) is 0 Å². The number of carboxylic acids is 1. The number of carboxylic acid groups (broad SMARTS) is 1. The number of hydrogen-bond acceptors (Lipinski definition) is 6. The summed E-state index contributed by atoms with van der Waals surface area (Å²) in [7, 11) is 3.58. The number of carbonyl (C=O) groups is 1. The first-order valence-electron chi connectivity index (χ1n) is 6.71. The molecule has 112 valence electrons. The normalized spacial score (nSPS) is 19.4. The zero-order chi connectivity index (χ0) is 14.5. The van der Waals surface area contributed by atoms with Crippen LogP contribution in [-0.2, 0) is 4.74 Å². The lowest BCUT2D eigenvalue weighted by Crippen LogP contribution is -2.29. The topological polar surface area (TPSA) is 79.0 Å². The zero-order valence-corrected chi connectivity index (χ0v) is 11.9. The van der Waals surface area contributed by atoms with Crippen LogP contribution in [0.1, 0.15) is 16.9 Å². The van der Waals surface area contributed by atoms with Crippen molar-refractivity contribution in [1.82, 2.24) is 9.88 Å². The molecule has 0 aromatic carbocycles. The summed E-state index contributed by atoms with van der Waals surface area (Å²) in [6.07, 6.45) is 2.30. The lowest BCUT2D eigenvalue weighted by atomic mass is 10.1. The highest BCUT2D eigenvalue weighted by molar-refractivity contribution is 5.85. The van der Waals surface area contributed by atoms with E-state index in [2.05, 4.69) is 9.88 Å². The van der Waals surface area contributed by atoms with Crippen molar-refractivity contribution >= 4 is 12.0 Å². The van der Waals surface area contributed by atoms with Crippen LogP contribution in [-0.4, -0.2) is 67.9 Å². The van der Waals surface area contributed by atoms with Crippen LogP contribution in [0.2, 0.25) is 0 Å². The second-order valence-corrected chi connectivity index (χ2v) is 5.15. The fourth-order valence-corrected chi connectivity index (χ4v) is 2.49. The summed E-state index contributed by atoms with van der Waals surface area (Å²) in [5.41, 5.74) is -0.0556. The number of likely N-dealkylation sites (tertiary alicyclic amines) is 1. The largest absolute Gasteiger partial charge is 0.476 e. The number of methoxy groups -OCH3 is 1. The van der Waals surface area contributed by atoms with E-state index in [9.17, 15) is 4.79 Å². The third-order valence-corrected chi connectivity index (χ3v) is 3.55. The molecule has 1 atom stereocenters. The van der Waals surface area contributed by atoms with Crippen LogP contribution >= 0.6 is 0 Å². The van der Waals surface area contributed by atoms with Crippen LogP contribution in [0.3, 0.4) is 0 Å². The molecule has 1 N–H and O–H groups in total. The number of oxazole rings is 1. The molecule has 1 fully saturated rings. The molecule has 1 aromatic rings. The standard InChI is InChI=1S/C13H21N3O4/c1-15(13-14-11(9-20-13)12(17)18)7-10-3-4-16(8-10)5-6-19-2/h9-10H,3-8H2,1-2H3,(H,17,18). The number of hydrogen-bond donors (Lipinski definition) is 1. The van der Waals surface area contributed by atoms with Gasteiger partial charge < -0.3 is 24.1 Å². The molecule has 7 nitrogen and oxygen atoms in total. The van der Waals surface area contributed by atoms with Crippen molar-refractivity contribution < 1.29 is 19.1 Å². The predicted octanol–water partition coefficient (Wildman–Crippen LogP) is 0.777. The summed E-state index contributed by atoms with van der Waals surface area (Å²) in [6, 6.07) is 0.359. The maximum Gasteiger partial charge on any atom is 0.357 e. The summed E-state index contributed by atoms with van der Waals surface area (Å²) in [6.45, 7) is 4.63. The molecule has 1 aliphatic rings. The summed E-state index contributed by atoms with van der Waals surface area (Å²) in [5, 5.41) is 8.82. The van der Waals surface area contributed by atoms with Gasteiger partial charge >= 0.3 is 5.97 Å². The first-order valence-corrected chi connectivity index (χ1v) is 6.71. The smallest absolute Gasteiger partial charge is 0.357 e. The molecule has 0 amide bonds. The summed E-state index contributed by atoms with van der Waals surface area (Å²) < 4.78 is 10.3. The SMILES string of the molecule is COCCN1CCC(CN(C)c2nc(C(=O)O)co2)C1. The maximum absolute atomic E-state index is 10.8. The fourth-order valence-electron chi connectivity index (χ4n) is 2.49. The Kier molecular flexibility index (Phi) is 4.97. The molecule has 1 aliphatic heterocycles. The minimum Gasteiger partial charge on any atom is -0.476 e. The van der Waals surface area contributed by atoms with Crippen LogP contribution in [0.4, 0.5) is 6.01 Å². The average Bonchev–Trinajstić information content (AvgIpc) is 3.05. The van der Waals surface area contributed by atoms with E-state index in [1.807, 2.05) is 11.9 Å². The van der Waals surface area contributed by atoms with Crippen LogP contribution in [0.5, 0.6) is 0 Å². The third kappa shape index (κ3) is 3.71. The first-order chi connectivity index (χ1) is 9.60. The zero-order valence-electron chi connectivity index (χ0n) is 11.9. The van der Waals surface area contributed by atoms with Gasteiger partial charge in [0.05, 0.1) is 6.61 Å². The molecular formula is C13H21N3O4. The van der Waals surface area contributed by atoms with Crippen LogP contribution in [0.25, 0.3) is 0 Å². The minimum atomic E-state index is -1.07. The molecule has 0 radical (unpaired) electrons. The third-order valence-electron chi connectivity index (χ3n) is 3.55. The van der Waals surface area contributed by atoms with E-state index in [1.54, 1.807) is 7.11 Å². The van der Waals surface area contributed by atoms with Gasteiger partial charge in [0.25, 0.3) is 6.01 Å². The Bertz CT molecular complexity index is 449. The lowest BCUT2D eigenvalue weighted by molar-refractivity contribution is 0.0690. The Hall–Kier alpha value is -1.60. The van der Waals surface area contributed by atoms with Crippen molar-refractivity contribution in [2.75, 3.05) is 51.8 Å². The van der Waals surface area contributed by atoms with Gasteiger partial charge in [0.15, 0.2) is 5.69 Å². The van der Waals surface area contributed by atoms with Gasteiger partial charge in [0, 0.05) is 33.8 Å². The highest BCUT2D eigenvalue weighted by atomic mass is 16.5. The number of anilines is 1. The molecule has 7 heteroatoms. The number of aromatic nitrogens is 1. The predicted molar refractivity (Wildman–Crippen MR) is 73.2 cm³/mol. The van der Waals surface area contributed by atoms with Gasteiger partial charge in [-0.1, -0.05) is 0 Å². The second-order valence-electron chi connectivity index (χ2n) is 5.15. The van der Waals surface area contributed by atoms with E-state index in [-0.39, 0.29) is 5.69 Å². The van der Waals surface area contributed by atoms with Crippen molar-refractivity contribution in [3.05, 3.63) is 12.0 Å². The van der Waals surface area contributed by atoms with Gasteiger partial charge in [-0.25, -0.2) is 4.79 Å². The summed E-state index contributed by atoms with van der Waals surface area (Å²) in [5.74, 6) is -0.531. The Morgan fingerprint density at radius 1 is 1.70 bits per heavy atom. The average molecular weight is 283 g/mol. The minimum absolute atomic E-state index is 0.0556. The summed E-state index contributed by atoms with van der Waals surface area (Å²) in [4.78, 5) is 19.0. The van der Waals surface area contributed by atoms with Crippen molar-refractivity contribution in [3.8, 4) is 0 Å². The highest BCUT2D eigenvalue weighted by Crippen LogP contribution is 2.20. The summed E-state index contributed by atoms with van der Waals surface area (Å²) >= 11 is 0. The van der Waals surface area contributed by atoms with Gasteiger partial charge in [0.2, 0.25) is 0 Å². The molecule has 20 heavy (non-hydrogen) atoms. The molecule has 0 bridgehead atoms. The lowest BCUT2D eigenvalue weighted by Gasteiger charge is -2.20. The van der Waals surface area contributed by atoms with Gasteiger partial charge in [-0.15, -0.1) is 0 Å². The quantitative estimate of drug-likeness (QED) is 0.792. The molecule has 1 saturated heterocycles. The highest BCUT2D eigenvalue weighted by Gasteiger charge is 2.24. The van der Waals surface area contributed by atoms with Crippen LogP contribution in [0.15, 0.2) is 10.7 Å². The van der Waals surface area contributed by atoms with Crippen molar-refractivity contribution in [1.29, 1.82) is 0 Å². The van der Waals surface area contributed by atoms with Gasteiger partial charge in [-0.3, -0.25) is 0 Å². The van der Waals surface area contributed by atoms with Gasteiger partial charge in [-0.05, 0) is 18.9 Å². The maximum atomic E-state index is 10.8. The number of rotatable bonds is 7. The Balaban J connectivity index is 1.82. The van der Waals surface area contributed by atoms with E-state index < -0.39 is 5.97 Å². The van der Waals surface area contributed by atoms with Gasteiger partial charge in [-0.2, -0.15) is 4.98 Å². The van der Waals surface area contributed by atoms with Crippen molar-refractivity contribution in [2.45, 2.75) is 6.42 Å². The van der Waals surface area contributed by atoms with E-state index in [1.165, 1.54) is 6.26 Å². The second kappa shape index (κ2) is 6.71. The van der Waals surface area contributed by atoms with Crippen LogP contribution in [0, 0.1) is 5.92 Å². The molecule has 0 spiro atoms. The van der Waals surface area contributed by atoms with E-state index in [0.29, 0.717) is 11.9 Å². The Labute approximate surface area is 118 Å².